The second-order valence-electron chi connectivity index (χ2n) is 9.13. The van der Waals surface area contributed by atoms with Crippen LogP contribution in [-0.2, 0) is 24.4 Å². The van der Waals surface area contributed by atoms with Crippen molar-refractivity contribution < 1.29 is 14.0 Å². The molecule has 1 aliphatic rings. The van der Waals surface area contributed by atoms with Crippen LogP contribution in [0.15, 0.2) is 83.5 Å². The van der Waals surface area contributed by atoms with Crippen LogP contribution in [0.4, 0.5) is 0 Å². The van der Waals surface area contributed by atoms with Gasteiger partial charge in [0.1, 0.15) is 17.0 Å². The largest absolute Gasteiger partial charge is 0.463 e. The van der Waals surface area contributed by atoms with Gasteiger partial charge in [0, 0.05) is 18.1 Å². The van der Waals surface area contributed by atoms with Crippen molar-refractivity contribution in [2.24, 2.45) is 0 Å². The van der Waals surface area contributed by atoms with Crippen LogP contribution in [0.2, 0.25) is 5.02 Å². The second kappa shape index (κ2) is 9.12. The molecule has 4 aromatic rings. The van der Waals surface area contributed by atoms with Gasteiger partial charge in [-0.25, -0.2) is 0 Å². The summed E-state index contributed by atoms with van der Waals surface area (Å²) < 4.78 is 7.48. The van der Waals surface area contributed by atoms with Gasteiger partial charge in [-0.1, -0.05) is 53.6 Å². The number of fused-ring (bicyclic) bond motifs is 1. The summed E-state index contributed by atoms with van der Waals surface area (Å²) in [5.74, 6) is 0.233. The molecule has 35 heavy (non-hydrogen) atoms. The molecule has 5 rings (SSSR count). The van der Waals surface area contributed by atoms with Crippen LogP contribution in [0.3, 0.4) is 0 Å². The van der Waals surface area contributed by atoms with E-state index in [4.69, 9.17) is 16.0 Å². The number of nitrogens with one attached hydrogen (secondary N) is 1. The first-order valence-electron chi connectivity index (χ1n) is 11.5. The van der Waals surface area contributed by atoms with Crippen LogP contribution in [0.1, 0.15) is 34.1 Å². The third kappa shape index (κ3) is 4.37. The number of carbonyl (C=O) groups is 2. The van der Waals surface area contributed by atoms with E-state index in [1.54, 1.807) is 29.4 Å². The molecular weight excluding hydrogens is 462 g/mol. The molecule has 3 heterocycles. The minimum atomic E-state index is -1.12. The molecule has 0 saturated heterocycles. The Kier molecular flexibility index (Phi) is 5.99. The number of aromatic nitrogens is 1. The number of halogens is 1. The Bertz CT molecular complexity index is 1360. The maximum Gasteiger partial charge on any atom is 0.271 e. The van der Waals surface area contributed by atoms with Crippen molar-refractivity contribution in [1.29, 1.82) is 0 Å². The van der Waals surface area contributed by atoms with Crippen molar-refractivity contribution in [2.45, 2.75) is 39.0 Å². The van der Waals surface area contributed by atoms with E-state index in [9.17, 15) is 9.59 Å². The highest BCUT2D eigenvalue weighted by Gasteiger charge is 2.47. The Morgan fingerprint density at radius 1 is 1.00 bits per heavy atom. The molecule has 0 radical (unpaired) electrons. The smallest absolute Gasteiger partial charge is 0.271 e. The summed E-state index contributed by atoms with van der Waals surface area (Å²) in [6, 6.07) is 22.7. The minimum absolute atomic E-state index is 0.196. The van der Waals surface area contributed by atoms with Crippen molar-refractivity contribution >= 4 is 23.4 Å². The first-order chi connectivity index (χ1) is 16.8. The monoisotopic (exact) mass is 487 g/mol. The van der Waals surface area contributed by atoms with Gasteiger partial charge < -0.3 is 19.2 Å². The lowest BCUT2D eigenvalue weighted by atomic mass is 9.93. The van der Waals surface area contributed by atoms with Crippen LogP contribution in [0.5, 0.6) is 0 Å². The summed E-state index contributed by atoms with van der Waals surface area (Å²) >= 11 is 5.99. The maximum absolute atomic E-state index is 13.8. The average molecular weight is 488 g/mol. The number of amides is 2. The molecule has 1 N–H and O–H groups in total. The summed E-state index contributed by atoms with van der Waals surface area (Å²) in [5.41, 5.74) is 3.21. The normalized spacial score (nSPS) is 17.3. The van der Waals surface area contributed by atoms with E-state index >= 15 is 0 Å². The molecule has 0 bridgehead atoms. The lowest BCUT2D eigenvalue weighted by Gasteiger charge is -2.44. The van der Waals surface area contributed by atoms with Crippen molar-refractivity contribution in [3.8, 4) is 11.5 Å². The zero-order valence-corrected chi connectivity index (χ0v) is 20.4. The van der Waals surface area contributed by atoms with Gasteiger partial charge in [0.05, 0.1) is 18.5 Å². The predicted molar refractivity (Wildman–Crippen MR) is 135 cm³/mol. The van der Waals surface area contributed by atoms with E-state index in [1.165, 1.54) is 0 Å². The van der Waals surface area contributed by atoms with Crippen molar-refractivity contribution in [1.82, 2.24) is 14.8 Å². The van der Waals surface area contributed by atoms with E-state index in [2.05, 4.69) is 5.32 Å². The molecular formula is C28H26ClN3O3. The van der Waals surface area contributed by atoms with Gasteiger partial charge in [0.2, 0.25) is 5.91 Å². The second-order valence-corrected chi connectivity index (χ2v) is 9.56. The van der Waals surface area contributed by atoms with Gasteiger partial charge >= 0.3 is 0 Å². The molecule has 0 spiro atoms. The van der Waals surface area contributed by atoms with Crippen LogP contribution in [0, 0.1) is 6.92 Å². The van der Waals surface area contributed by atoms with Crippen LogP contribution < -0.4 is 5.32 Å². The Morgan fingerprint density at radius 3 is 2.37 bits per heavy atom. The van der Waals surface area contributed by atoms with Gasteiger partial charge in [-0.05, 0) is 61.4 Å². The van der Waals surface area contributed by atoms with E-state index in [1.807, 2.05) is 73.0 Å². The predicted octanol–water partition coefficient (Wildman–Crippen LogP) is 5.44. The molecule has 0 fully saturated rings. The SMILES string of the molecule is Cc1ccc(CN2C(=O)c3ccc(-c4ccco4)n3C[C@@]2(C)C(=O)NCc2ccc(Cl)cc2)cc1. The van der Waals surface area contributed by atoms with E-state index in [0.29, 0.717) is 36.1 Å². The average Bonchev–Trinajstić information content (AvgIpc) is 3.52. The molecule has 1 aliphatic heterocycles. The molecule has 0 saturated carbocycles. The van der Waals surface area contributed by atoms with E-state index < -0.39 is 5.54 Å². The van der Waals surface area contributed by atoms with Crippen LogP contribution in [0.25, 0.3) is 11.5 Å². The molecule has 0 aliphatic carbocycles. The highest BCUT2D eigenvalue weighted by atomic mass is 35.5. The number of aryl methyl sites for hydroxylation is 1. The third-order valence-electron chi connectivity index (χ3n) is 6.60. The van der Waals surface area contributed by atoms with Crippen LogP contribution >= 0.6 is 11.6 Å². The highest BCUT2D eigenvalue weighted by molar-refractivity contribution is 6.30. The summed E-state index contributed by atoms with van der Waals surface area (Å²) in [6.07, 6.45) is 1.60. The zero-order valence-electron chi connectivity index (χ0n) is 19.6. The number of hydrogen-bond acceptors (Lipinski definition) is 3. The fourth-order valence-electron chi connectivity index (χ4n) is 4.51. The van der Waals surface area contributed by atoms with Gasteiger partial charge in [0.25, 0.3) is 5.91 Å². The highest BCUT2D eigenvalue weighted by Crippen LogP contribution is 2.34. The molecule has 1 atom stereocenters. The van der Waals surface area contributed by atoms with Crippen molar-refractivity contribution in [3.05, 3.63) is 106 Å². The van der Waals surface area contributed by atoms with Gasteiger partial charge in [-0.15, -0.1) is 0 Å². The molecule has 0 unspecified atom stereocenters. The van der Waals surface area contributed by atoms with Crippen LogP contribution in [-0.4, -0.2) is 26.8 Å². The Morgan fingerprint density at radius 2 is 1.69 bits per heavy atom. The maximum atomic E-state index is 13.8. The number of carbonyl (C=O) groups excluding carboxylic acids is 2. The van der Waals surface area contributed by atoms with E-state index in [-0.39, 0.29) is 11.8 Å². The number of nitrogens with zero attached hydrogens (tertiary/aromatic N) is 2. The minimum Gasteiger partial charge on any atom is -0.463 e. The third-order valence-corrected chi connectivity index (χ3v) is 6.85. The number of benzene rings is 2. The Balaban J connectivity index is 1.50. The fourth-order valence-corrected chi connectivity index (χ4v) is 4.64. The Labute approximate surface area is 209 Å². The zero-order chi connectivity index (χ0) is 24.6. The molecule has 7 heteroatoms. The summed E-state index contributed by atoms with van der Waals surface area (Å²) in [7, 11) is 0. The molecule has 2 aromatic carbocycles. The quantitative estimate of drug-likeness (QED) is 0.393. The summed E-state index contributed by atoms with van der Waals surface area (Å²) in [5, 5.41) is 3.68. The lowest BCUT2D eigenvalue weighted by Crippen LogP contribution is -2.63. The standard InChI is InChI=1S/C28H26ClN3O3/c1-19-5-7-21(8-6-19)17-32-26(33)24-14-13-23(25-4-3-15-35-25)31(24)18-28(32,2)27(34)30-16-20-9-11-22(29)12-10-20/h3-15H,16-18H2,1-2H3,(H,30,34)/t28-/m0/s1. The molecule has 178 valence electrons. The van der Waals surface area contributed by atoms with Crippen molar-refractivity contribution in [2.75, 3.05) is 0 Å². The van der Waals surface area contributed by atoms with Gasteiger partial charge in [0.15, 0.2) is 0 Å². The van der Waals surface area contributed by atoms with Gasteiger partial charge in [-0.2, -0.15) is 0 Å². The molecule has 2 aromatic heterocycles. The Hall–Kier alpha value is -3.77. The topological polar surface area (TPSA) is 67.5 Å². The number of furan rings is 1. The molecule has 6 nitrogen and oxygen atoms in total. The fraction of sp³-hybridized carbons (Fsp3) is 0.214. The first-order valence-corrected chi connectivity index (χ1v) is 11.9. The molecule has 2 amide bonds. The lowest BCUT2D eigenvalue weighted by molar-refractivity contribution is -0.133. The number of hydrogen-bond donors (Lipinski definition) is 1. The first kappa shape index (κ1) is 23.0. The van der Waals surface area contributed by atoms with Gasteiger partial charge in [-0.3, -0.25) is 9.59 Å². The number of rotatable bonds is 6. The van der Waals surface area contributed by atoms with E-state index in [0.717, 1.165) is 22.4 Å². The summed E-state index contributed by atoms with van der Waals surface area (Å²) in [6.45, 7) is 4.81. The summed E-state index contributed by atoms with van der Waals surface area (Å²) in [4.78, 5) is 29.2. The van der Waals surface area contributed by atoms with Crippen molar-refractivity contribution in [3.63, 3.8) is 0 Å².